The van der Waals surface area contributed by atoms with Gasteiger partial charge in [0.05, 0.1) is 16.4 Å². The van der Waals surface area contributed by atoms with Crippen LogP contribution in [0.5, 0.6) is 0 Å². The third kappa shape index (κ3) is 2.58. The average molecular weight is 345 g/mol. The van der Waals surface area contributed by atoms with E-state index in [-0.39, 0.29) is 11.5 Å². The molecule has 0 aliphatic rings. The van der Waals surface area contributed by atoms with Gasteiger partial charge in [-0.2, -0.15) is 0 Å². The number of benzene rings is 2. The highest BCUT2D eigenvalue weighted by atomic mass is 16.2. The van der Waals surface area contributed by atoms with E-state index in [0.717, 1.165) is 34.1 Å². The Hall–Kier alpha value is -3.34. The molecule has 2 N–H and O–H groups in total. The van der Waals surface area contributed by atoms with E-state index in [2.05, 4.69) is 17.2 Å². The molecule has 0 fully saturated rings. The van der Waals surface area contributed by atoms with Gasteiger partial charge < -0.3 is 14.9 Å². The van der Waals surface area contributed by atoms with Crippen LogP contribution in [0.2, 0.25) is 0 Å². The first-order valence-corrected chi connectivity index (χ1v) is 8.59. The number of carbonyl (C=O) groups excluding carboxylic acids is 1. The Bertz CT molecular complexity index is 1200. The largest absolute Gasteiger partial charge is 0.339 e. The van der Waals surface area contributed by atoms with Crippen molar-refractivity contribution in [3.05, 3.63) is 76.2 Å². The van der Waals surface area contributed by atoms with Crippen molar-refractivity contribution in [3.63, 3.8) is 0 Å². The van der Waals surface area contributed by atoms with Crippen LogP contribution in [0.1, 0.15) is 23.0 Å². The summed E-state index contributed by atoms with van der Waals surface area (Å²) in [5.41, 5.74) is 3.68. The lowest BCUT2D eigenvalue weighted by atomic mass is 10.1. The number of para-hydroxylation sites is 1. The number of aromatic nitrogens is 2. The molecule has 26 heavy (non-hydrogen) atoms. The smallest absolute Gasteiger partial charge is 0.272 e. The summed E-state index contributed by atoms with van der Waals surface area (Å²) in [4.78, 5) is 28.1. The predicted molar refractivity (Wildman–Crippen MR) is 105 cm³/mol. The van der Waals surface area contributed by atoms with E-state index in [1.807, 2.05) is 55.6 Å². The van der Waals surface area contributed by atoms with Gasteiger partial charge in [0.15, 0.2) is 0 Å². The molecular formula is C21H19N3O2. The SMILES string of the molecule is CCc1cccc(NC(=O)c2cc3c(=O)[nH]c4ccccc4c3n2C)c1. The van der Waals surface area contributed by atoms with Gasteiger partial charge in [-0.3, -0.25) is 9.59 Å². The zero-order valence-electron chi connectivity index (χ0n) is 14.7. The van der Waals surface area contributed by atoms with E-state index >= 15 is 0 Å². The second kappa shape index (κ2) is 6.19. The van der Waals surface area contributed by atoms with E-state index in [1.54, 1.807) is 10.6 Å². The summed E-state index contributed by atoms with van der Waals surface area (Å²) in [5, 5.41) is 4.36. The lowest BCUT2D eigenvalue weighted by Gasteiger charge is -2.08. The van der Waals surface area contributed by atoms with Gasteiger partial charge in [0.25, 0.3) is 11.5 Å². The number of pyridine rings is 1. The van der Waals surface area contributed by atoms with Crippen molar-refractivity contribution in [3.8, 4) is 0 Å². The van der Waals surface area contributed by atoms with Crippen LogP contribution in [-0.4, -0.2) is 15.5 Å². The Balaban J connectivity index is 1.83. The van der Waals surface area contributed by atoms with Crippen molar-refractivity contribution in [2.24, 2.45) is 7.05 Å². The molecule has 0 saturated heterocycles. The minimum Gasteiger partial charge on any atom is -0.339 e. The molecule has 4 rings (SSSR count). The molecule has 5 heteroatoms. The second-order valence-corrected chi connectivity index (χ2v) is 6.36. The van der Waals surface area contributed by atoms with Crippen LogP contribution >= 0.6 is 0 Å². The molecule has 2 aromatic carbocycles. The maximum absolute atomic E-state index is 12.8. The highest BCUT2D eigenvalue weighted by Gasteiger charge is 2.17. The van der Waals surface area contributed by atoms with E-state index in [4.69, 9.17) is 0 Å². The number of aromatic amines is 1. The lowest BCUT2D eigenvalue weighted by molar-refractivity contribution is 0.102. The van der Waals surface area contributed by atoms with Crippen molar-refractivity contribution in [1.82, 2.24) is 9.55 Å². The number of anilines is 1. The van der Waals surface area contributed by atoms with Gasteiger partial charge in [0, 0.05) is 18.1 Å². The van der Waals surface area contributed by atoms with Crippen molar-refractivity contribution < 1.29 is 4.79 Å². The maximum Gasteiger partial charge on any atom is 0.272 e. The molecule has 0 atom stereocenters. The van der Waals surface area contributed by atoms with Gasteiger partial charge in [-0.05, 0) is 36.2 Å². The Morgan fingerprint density at radius 1 is 1.08 bits per heavy atom. The van der Waals surface area contributed by atoms with E-state index < -0.39 is 0 Å². The Morgan fingerprint density at radius 2 is 1.88 bits per heavy atom. The number of hydrogen-bond donors (Lipinski definition) is 2. The number of H-pyrrole nitrogens is 1. The van der Waals surface area contributed by atoms with Gasteiger partial charge in [-0.1, -0.05) is 37.3 Å². The molecule has 0 aliphatic carbocycles. The summed E-state index contributed by atoms with van der Waals surface area (Å²) in [5.74, 6) is -0.236. The summed E-state index contributed by atoms with van der Waals surface area (Å²) in [6.07, 6.45) is 0.902. The summed E-state index contributed by atoms with van der Waals surface area (Å²) < 4.78 is 1.78. The summed E-state index contributed by atoms with van der Waals surface area (Å²) in [7, 11) is 1.81. The normalized spacial score (nSPS) is 11.2. The third-order valence-corrected chi connectivity index (χ3v) is 4.73. The number of rotatable bonds is 3. The van der Waals surface area contributed by atoms with Crippen molar-refractivity contribution in [1.29, 1.82) is 0 Å². The molecule has 2 aromatic heterocycles. The molecule has 4 aromatic rings. The van der Waals surface area contributed by atoms with Crippen LogP contribution in [0.25, 0.3) is 21.8 Å². The third-order valence-electron chi connectivity index (χ3n) is 4.73. The van der Waals surface area contributed by atoms with E-state index in [0.29, 0.717) is 11.1 Å². The monoisotopic (exact) mass is 345 g/mol. The maximum atomic E-state index is 12.8. The van der Waals surface area contributed by atoms with Gasteiger partial charge in [-0.25, -0.2) is 0 Å². The fourth-order valence-electron chi connectivity index (χ4n) is 3.37. The number of hydrogen-bond acceptors (Lipinski definition) is 2. The molecule has 130 valence electrons. The zero-order valence-corrected chi connectivity index (χ0v) is 14.7. The standard InChI is InChI=1S/C21H19N3O2/c1-3-13-7-6-8-14(11-13)22-21(26)18-12-16-19(24(18)2)15-9-4-5-10-17(15)23-20(16)25/h4-12H,3H2,1-2H3,(H,22,26)(H,23,25). The minimum absolute atomic E-state index is 0.193. The molecule has 0 saturated carbocycles. The molecule has 0 aliphatic heterocycles. The number of amides is 1. The first-order chi connectivity index (χ1) is 12.6. The Labute approximate surface area is 150 Å². The molecule has 0 bridgehead atoms. The quantitative estimate of drug-likeness (QED) is 0.592. The van der Waals surface area contributed by atoms with Crippen molar-refractivity contribution >= 4 is 33.4 Å². The first-order valence-electron chi connectivity index (χ1n) is 8.59. The molecule has 0 radical (unpaired) electrons. The molecule has 0 spiro atoms. The highest BCUT2D eigenvalue weighted by molar-refractivity contribution is 6.10. The zero-order chi connectivity index (χ0) is 18.3. The number of aryl methyl sites for hydroxylation is 2. The fraction of sp³-hybridized carbons (Fsp3) is 0.143. The number of carbonyl (C=O) groups is 1. The van der Waals surface area contributed by atoms with Gasteiger partial charge in [-0.15, -0.1) is 0 Å². The first kappa shape index (κ1) is 16.1. The van der Waals surface area contributed by atoms with Crippen LogP contribution in [-0.2, 0) is 13.5 Å². The van der Waals surface area contributed by atoms with Gasteiger partial charge in [0.1, 0.15) is 5.69 Å². The summed E-state index contributed by atoms with van der Waals surface area (Å²) in [6, 6.07) is 17.0. The molecule has 2 heterocycles. The highest BCUT2D eigenvalue weighted by Crippen LogP contribution is 2.24. The Kier molecular flexibility index (Phi) is 3.84. The van der Waals surface area contributed by atoms with Crippen molar-refractivity contribution in [2.75, 3.05) is 5.32 Å². The second-order valence-electron chi connectivity index (χ2n) is 6.36. The molecule has 0 unspecified atom stereocenters. The van der Waals surface area contributed by atoms with Gasteiger partial charge >= 0.3 is 0 Å². The summed E-state index contributed by atoms with van der Waals surface area (Å²) >= 11 is 0. The molecule has 5 nitrogen and oxygen atoms in total. The van der Waals surface area contributed by atoms with Crippen LogP contribution in [0.4, 0.5) is 5.69 Å². The topological polar surface area (TPSA) is 66.9 Å². The average Bonchev–Trinajstić information content (AvgIpc) is 3.00. The van der Waals surface area contributed by atoms with Crippen molar-refractivity contribution in [2.45, 2.75) is 13.3 Å². The number of nitrogens with zero attached hydrogens (tertiary/aromatic N) is 1. The van der Waals surface area contributed by atoms with E-state index in [1.165, 1.54) is 0 Å². The van der Waals surface area contributed by atoms with Crippen LogP contribution in [0.3, 0.4) is 0 Å². The Morgan fingerprint density at radius 3 is 2.69 bits per heavy atom. The number of nitrogens with one attached hydrogen (secondary N) is 2. The summed E-state index contributed by atoms with van der Waals surface area (Å²) in [6.45, 7) is 2.07. The van der Waals surface area contributed by atoms with E-state index in [9.17, 15) is 9.59 Å². The predicted octanol–water partition coefficient (Wildman–Crippen LogP) is 3.83. The fourth-order valence-corrected chi connectivity index (χ4v) is 3.37. The van der Waals surface area contributed by atoms with Crippen LogP contribution < -0.4 is 10.9 Å². The van der Waals surface area contributed by atoms with Crippen LogP contribution in [0, 0.1) is 0 Å². The lowest BCUT2D eigenvalue weighted by Crippen LogP contribution is -2.15. The minimum atomic E-state index is -0.236. The van der Waals surface area contributed by atoms with Crippen LogP contribution in [0.15, 0.2) is 59.4 Å². The molecule has 1 amide bonds. The molecular weight excluding hydrogens is 326 g/mol. The number of fused-ring (bicyclic) bond motifs is 3. The van der Waals surface area contributed by atoms with Gasteiger partial charge in [0.2, 0.25) is 0 Å².